The third-order valence-corrected chi connectivity index (χ3v) is 6.02. The predicted octanol–water partition coefficient (Wildman–Crippen LogP) is 4.55. The van der Waals surface area contributed by atoms with E-state index in [0.29, 0.717) is 0 Å². The van der Waals surface area contributed by atoms with Crippen molar-refractivity contribution in [3.05, 3.63) is 47.7 Å². The number of hydrogen-bond acceptors (Lipinski definition) is 3. The molecule has 4 rings (SSSR count). The summed E-state index contributed by atoms with van der Waals surface area (Å²) in [7, 11) is 0. The minimum atomic E-state index is 1.09. The number of likely N-dealkylation sites (N-methyl/N-ethyl adjacent to an activating group) is 1. The summed E-state index contributed by atoms with van der Waals surface area (Å²) in [6.07, 6.45) is 7.59. The molecular weight excluding hydrogens is 318 g/mol. The predicted molar refractivity (Wildman–Crippen MR) is 110 cm³/mol. The molecule has 1 aliphatic heterocycles. The van der Waals surface area contributed by atoms with Gasteiger partial charge in [-0.25, -0.2) is 4.98 Å². The summed E-state index contributed by atoms with van der Waals surface area (Å²) in [6, 6.07) is 13.3. The fourth-order valence-corrected chi connectivity index (χ4v) is 4.37. The summed E-state index contributed by atoms with van der Waals surface area (Å²) in [5.74, 6) is 1.19. The van der Waals surface area contributed by atoms with Crippen molar-refractivity contribution in [3.8, 4) is 11.1 Å². The van der Waals surface area contributed by atoms with Crippen LogP contribution in [0.3, 0.4) is 0 Å². The molecule has 0 N–H and O–H groups in total. The Hall–Kier alpha value is -1.87. The van der Waals surface area contributed by atoms with E-state index in [2.05, 4.69) is 53.1 Å². The molecule has 138 valence electrons. The van der Waals surface area contributed by atoms with Crippen LogP contribution in [0.15, 0.2) is 36.4 Å². The molecule has 3 heteroatoms. The van der Waals surface area contributed by atoms with Crippen molar-refractivity contribution in [2.75, 3.05) is 37.6 Å². The quantitative estimate of drug-likeness (QED) is 0.810. The van der Waals surface area contributed by atoms with Crippen molar-refractivity contribution in [1.29, 1.82) is 0 Å². The molecule has 0 spiro atoms. The molecule has 0 atom stereocenters. The van der Waals surface area contributed by atoms with Gasteiger partial charge in [0, 0.05) is 31.9 Å². The van der Waals surface area contributed by atoms with Gasteiger partial charge in [-0.3, -0.25) is 0 Å². The van der Waals surface area contributed by atoms with E-state index in [1.807, 2.05) is 0 Å². The minimum absolute atomic E-state index is 1.09. The molecule has 2 aliphatic rings. The zero-order valence-corrected chi connectivity index (χ0v) is 16.1. The monoisotopic (exact) mass is 349 g/mol. The van der Waals surface area contributed by atoms with Gasteiger partial charge >= 0.3 is 0 Å². The highest BCUT2D eigenvalue weighted by atomic mass is 15.3. The van der Waals surface area contributed by atoms with Crippen LogP contribution in [0.5, 0.6) is 0 Å². The Morgan fingerprint density at radius 1 is 0.885 bits per heavy atom. The lowest BCUT2D eigenvalue weighted by Gasteiger charge is -2.35. The summed E-state index contributed by atoms with van der Waals surface area (Å²) >= 11 is 0. The first kappa shape index (κ1) is 17.5. The zero-order chi connectivity index (χ0) is 17.8. The standard InChI is InChI=1S/C23H31N3/c1-2-25-14-16-26(17-15-25)23-18-21(19-10-6-5-7-11-19)20-12-8-3-4-9-13-22(20)24-23/h5-7,10-11,18H,2-4,8-9,12-17H2,1H3. The van der Waals surface area contributed by atoms with Gasteiger partial charge in [-0.15, -0.1) is 0 Å². The lowest BCUT2D eigenvalue weighted by atomic mass is 9.90. The maximum atomic E-state index is 5.18. The van der Waals surface area contributed by atoms with Crippen LogP contribution in [-0.4, -0.2) is 42.6 Å². The number of nitrogens with zero attached hydrogens (tertiary/aromatic N) is 3. The summed E-state index contributed by atoms with van der Waals surface area (Å²) < 4.78 is 0. The number of benzene rings is 1. The molecule has 0 saturated carbocycles. The van der Waals surface area contributed by atoms with Crippen molar-refractivity contribution < 1.29 is 0 Å². The molecule has 0 unspecified atom stereocenters. The highest BCUT2D eigenvalue weighted by Crippen LogP contribution is 2.33. The van der Waals surface area contributed by atoms with Crippen LogP contribution in [0, 0.1) is 0 Å². The highest BCUT2D eigenvalue weighted by Gasteiger charge is 2.21. The first-order valence-corrected chi connectivity index (χ1v) is 10.4. The first-order chi connectivity index (χ1) is 12.8. The van der Waals surface area contributed by atoms with E-state index in [4.69, 9.17) is 4.98 Å². The number of rotatable bonds is 3. The van der Waals surface area contributed by atoms with Gasteiger partial charge in [-0.05, 0) is 55.0 Å². The van der Waals surface area contributed by atoms with Gasteiger partial charge in [0.05, 0.1) is 0 Å². The Labute approximate surface area is 158 Å². The molecule has 2 heterocycles. The Kier molecular flexibility index (Phi) is 5.54. The normalized spacial score (nSPS) is 18.9. The maximum Gasteiger partial charge on any atom is 0.129 e. The van der Waals surface area contributed by atoms with Crippen molar-refractivity contribution in [3.63, 3.8) is 0 Å². The fourth-order valence-electron chi connectivity index (χ4n) is 4.37. The van der Waals surface area contributed by atoms with Crippen molar-refractivity contribution >= 4 is 5.82 Å². The van der Waals surface area contributed by atoms with Gasteiger partial charge < -0.3 is 9.80 Å². The van der Waals surface area contributed by atoms with E-state index in [0.717, 1.165) is 39.1 Å². The van der Waals surface area contributed by atoms with E-state index >= 15 is 0 Å². The maximum absolute atomic E-state index is 5.18. The second kappa shape index (κ2) is 8.22. The SMILES string of the molecule is CCN1CCN(c2cc(-c3ccccc3)c3c(n2)CCCCCC3)CC1. The number of hydrogen-bond donors (Lipinski definition) is 0. The van der Waals surface area contributed by atoms with Gasteiger partial charge in [0.25, 0.3) is 0 Å². The largest absolute Gasteiger partial charge is 0.354 e. The third-order valence-electron chi connectivity index (χ3n) is 6.02. The second-order valence-electron chi connectivity index (χ2n) is 7.65. The van der Waals surface area contributed by atoms with Gasteiger partial charge in [-0.1, -0.05) is 50.1 Å². The van der Waals surface area contributed by atoms with Gasteiger partial charge in [-0.2, -0.15) is 0 Å². The molecule has 1 aromatic heterocycles. The molecule has 0 radical (unpaired) electrons. The number of aryl methyl sites for hydroxylation is 1. The molecule has 1 aliphatic carbocycles. The molecule has 0 amide bonds. The highest BCUT2D eigenvalue weighted by molar-refractivity contribution is 5.71. The van der Waals surface area contributed by atoms with Crippen LogP contribution >= 0.6 is 0 Å². The van der Waals surface area contributed by atoms with Crippen molar-refractivity contribution in [2.45, 2.75) is 45.4 Å². The molecule has 26 heavy (non-hydrogen) atoms. The number of anilines is 1. The Morgan fingerprint density at radius 3 is 2.35 bits per heavy atom. The number of piperazine rings is 1. The zero-order valence-electron chi connectivity index (χ0n) is 16.1. The van der Waals surface area contributed by atoms with E-state index in [1.54, 1.807) is 0 Å². The number of fused-ring (bicyclic) bond motifs is 1. The van der Waals surface area contributed by atoms with Crippen LogP contribution in [-0.2, 0) is 12.8 Å². The summed E-state index contributed by atoms with van der Waals surface area (Å²) in [5, 5.41) is 0. The van der Waals surface area contributed by atoms with Gasteiger partial charge in [0.15, 0.2) is 0 Å². The van der Waals surface area contributed by atoms with E-state index < -0.39 is 0 Å². The fraction of sp³-hybridized carbons (Fsp3) is 0.522. The molecule has 1 aromatic carbocycles. The minimum Gasteiger partial charge on any atom is -0.354 e. The Balaban J connectivity index is 1.72. The van der Waals surface area contributed by atoms with E-state index in [9.17, 15) is 0 Å². The van der Waals surface area contributed by atoms with Crippen LogP contribution in [0.25, 0.3) is 11.1 Å². The smallest absolute Gasteiger partial charge is 0.129 e. The van der Waals surface area contributed by atoms with Gasteiger partial charge in [0.2, 0.25) is 0 Å². The van der Waals surface area contributed by atoms with Crippen LogP contribution in [0.2, 0.25) is 0 Å². The summed E-state index contributed by atoms with van der Waals surface area (Å²) in [5.41, 5.74) is 5.64. The Morgan fingerprint density at radius 2 is 1.62 bits per heavy atom. The molecule has 0 bridgehead atoms. The summed E-state index contributed by atoms with van der Waals surface area (Å²) in [4.78, 5) is 10.2. The molecular formula is C23H31N3. The second-order valence-corrected chi connectivity index (χ2v) is 7.65. The topological polar surface area (TPSA) is 19.4 Å². The average Bonchev–Trinajstić information content (AvgIpc) is 2.69. The molecule has 1 saturated heterocycles. The Bertz CT molecular complexity index is 718. The van der Waals surface area contributed by atoms with E-state index in [-0.39, 0.29) is 0 Å². The van der Waals surface area contributed by atoms with Crippen LogP contribution in [0.4, 0.5) is 5.82 Å². The number of pyridine rings is 1. The average molecular weight is 350 g/mol. The summed E-state index contributed by atoms with van der Waals surface area (Å²) in [6.45, 7) is 7.89. The third kappa shape index (κ3) is 3.78. The lowest BCUT2D eigenvalue weighted by Crippen LogP contribution is -2.46. The van der Waals surface area contributed by atoms with Crippen LogP contribution < -0.4 is 4.90 Å². The first-order valence-electron chi connectivity index (χ1n) is 10.4. The molecule has 2 aromatic rings. The van der Waals surface area contributed by atoms with Crippen LogP contribution in [0.1, 0.15) is 43.9 Å². The van der Waals surface area contributed by atoms with E-state index in [1.165, 1.54) is 60.3 Å². The number of aromatic nitrogens is 1. The molecule has 1 fully saturated rings. The van der Waals surface area contributed by atoms with Crippen molar-refractivity contribution in [2.24, 2.45) is 0 Å². The van der Waals surface area contributed by atoms with Crippen molar-refractivity contribution in [1.82, 2.24) is 9.88 Å². The lowest BCUT2D eigenvalue weighted by molar-refractivity contribution is 0.270. The van der Waals surface area contributed by atoms with Gasteiger partial charge in [0.1, 0.15) is 5.82 Å². The molecule has 3 nitrogen and oxygen atoms in total.